The Morgan fingerprint density at radius 3 is 2.55 bits per heavy atom. The summed E-state index contributed by atoms with van der Waals surface area (Å²) >= 11 is 0. The fraction of sp³-hybridized carbons (Fsp3) is 0.591. The van der Waals surface area contributed by atoms with E-state index in [0.29, 0.717) is 24.7 Å². The molecule has 0 radical (unpaired) electrons. The van der Waals surface area contributed by atoms with Crippen LogP contribution in [0.5, 0.6) is 0 Å². The van der Waals surface area contributed by atoms with Crippen molar-refractivity contribution in [2.24, 2.45) is 12.5 Å². The molecule has 9 nitrogen and oxygen atoms in total. The minimum absolute atomic E-state index is 0.0539. The van der Waals surface area contributed by atoms with E-state index in [-0.39, 0.29) is 11.5 Å². The molecule has 0 amide bonds. The third-order valence-electron chi connectivity index (χ3n) is 6.33. The summed E-state index contributed by atoms with van der Waals surface area (Å²) in [5, 5.41) is 4.29. The Labute approximate surface area is 182 Å². The summed E-state index contributed by atoms with van der Waals surface area (Å²) in [6.45, 7) is 12.5. The van der Waals surface area contributed by atoms with Gasteiger partial charge < -0.3 is 14.5 Å². The number of aryl methyl sites for hydroxylation is 3. The highest BCUT2D eigenvalue weighted by atomic mass is 16.5. The van der Waals surface area contributed by atoms with E-state index in [4.69, 9.17) is 24.7 Å². The smallest absolute Gasteiger partial charge is 0.229 e. The molecule has 2 aliphatic heterocycles. The zero-order chi connectivity index (χ0) is 21.8. The van der Waals surface area contributed by atoms with Gasteiger partial charge in [-0.05, 0) is 25.7 Å². The van der Waals surface area contributed by atoms with E-state index in [1.165, 1.54) is 0 Å². The van der Waals surface area contributed by atoms with Crippen molar-refractivity contribution in [2.75, 3.05) is 42.6 Å². The van der Waals surface area contributed by atoms with Crippen LogP contribution in [-0.4, -0.2) is 62.5 Å². The Hall–Kier alpha value is -2.81. The molecule has 31 heavy (non-hydrogen) atoms. The summed E-state index contributed by atoms with van der Waals surface area (Å²) in [4.78, 5) is 24.0. The van der Waals surface area contributed by atoms with Crippen LogP contribution in [0.2, 0.25) is 0 Å². The number of ether oxygens (including phenoxy) is 1. The Bertz CT molecular complexity index is 1120. The van der Waals surface area contributed by atoms with Crippen molar-refractivity contribution >= 4 is 22.9 Å². The molecule has 2 saturated heterocycles. The minimum Gasteiger partial charge on any atom is -0.370 e. The van der Waals surface area contributed by atoms with E-state index in [9.17, 15) is 0 Å². The maximum atomic E-state index is 6.02. The van der Waals surface area contributed by atoms with E-state index in [1.807, 2.05) is 33.3 Å². The molecule has 0 N–H and O–H groups in total. The highest BCUT2D eigenvalue weighted by molar-refractivity contribution is 5.84. The molecule has 5 rings (SSSR count). The standard InChI is InChI=1S/C22H30N8O/c1-14-15(2)25-19-18(24-14)20(30-7-6-22(3,4)13-30)27-21(26-19)29-8-9-31-17(12-29)16-10-23-28(5)11-16/h10-11,17H,6-9,12-13H2,1-5H3/t17-/m0/s1. The van der Waals surface area contributed by atoms with Gasteiger partial charge in [0.15, 0.2) is 17.0 Å². The van der Waals surface area contributed by atoms with E-state index < -0.39 is 0 Å². The molecule has 9 heteroatoms. The van der Waals surface area contributed by atoms with Crippen LogP contribution in [0.4, 0.5) is 11.8 Å². The van der Waals surface area contributed by atoms with Gasteiger partial charge in [-0.3, -0.25) is 4.68 Å². The van der Waals surface area contributed by atoms with E-state index in [1.54, 1.807) is 4.68 Å². The first kappa shape index (κ1) is 20.1. The molecule has 3 aromatic heterocycles. The third-order valence-corrected chi connectivity index (χ3v) is 6.33. The van der Waals surface area contributed by atoms with Crippen LogP contribution < -0.4 is 9.80 Å². The molecule has 2 fully saturated rings. The van der Waals surface area contributed by atoms with Crippen molar-refractivity contribution in [2.45, 2.75) is 40.2 Å². The van der Waals surface area contributed by atoms with Crippen LogP contribution >= 0.6 is 0 Å². The normalized spacial score (nSPS) is 21.3. The van der Waals surface area contributed by atoms with Crippen molar-refractivity contribution in [3.8, 4) is 0 Å². The van der Waals surface area contributed by atoms with Crippen LogP contribution in [-0.2, 0) is 11.8 Å². The van der Waals surface area contributed by atoms with Gasteiger partial charge in [0.2, 0.25) is 5.95 Å². The molecule has 0 unspecified atom stereocenters. The number of aromatic nitrogens is 6. The maximum absolute atomic E-state index is 6.02. The van der Waals surface area contributed by atoms with Gasteiger partial charge in [0.05, 0.1) is 30.7 Å². The molecular weight excluding hydrogens is 392 g/mol. The number of morpholine rings is 1. The first-order valence-corrected chi connectivity index (χ1v) is 10.9. The van der Waals surface area contributed by atoms with Gasteiger partial charge in [-0.2, -0.15) is 15.1 Å². The molecule has 2 aliphatic rings. The molecule has 0 aromatic carbocycles. The third kappa shape index (κ3) is 3.82. The lowest BCUT2D eigenvalue weighted by Gasteiger charge is -2.33. The molecule has 0 saturated carbocycles. The molecule has 164 valence electrons. The monoisotopic (exact) mass is 422 g/mol. The second kappa shape index (κ2) is 7.40. The highest BCUT2D eigenvalue weighted by Gasteiger charge is 2.33. The summed E-state index contributed by atoms with van der Waals surface area (Å²) in [7, 11) is 1.92. The number of hydrogen-bond donors (Lipinski definition) is 0. The van der Waals surface area contributed by atoms with Crippen molar-refractivity contribution in [1.82, 2.24) is 29.7 Å². The lowest BCUT2D eigenvalue weighted by Crippen LogP contribution is -2.39. The van der Waals surface area contributed by atoms with Crippen molar-refractivity contribution in [1.29, 1.82) is 0 Å². The van der Waals surface area contributed by atoms with Crippen LogP contribution in [0.3, 0.4) is 0 Å². The number of rotatable bonds is 3. The van der Waals surface area contributed by atoms with Crippen molar-refractivity contribution in [3.63, 3.8) is 0 Å². The molecular formula is C22H30N8O. The Kier molecular flexibility index (Phi) is 4.80. The van der Waals surface area contributed by atoms with Gasteiger partial charge >= 0.3 is 0 Å². The first-order valence-electron chi connectivity index (χ1n) is 10.9. The van der Waals surface area contributed by atoms with Crippen LogP contribution in [0.25, 0.3) is 11.2 Å². The SMILES string of the molecule is Cc1nc2nc(N3CCO[C@H](c4cnn(C)c4)C3)nc(N3CCC(C)(C)C3)c2nc1C. The second-order valence-electron chi connectivity index (χ2n) is 9.50. The van der Waals surface area contributed by atoms with Gasteiger partial charge in [-0.25, -0.2) is 9.97 Å². The molecule has 0 spiro atoms. The fourth-order valence-corrected chi connectivity index (χ4v) is 4.38. The van der Waals surface area contributed by atoms with Crippen LogP contribution in [0.1, 0.15) is 43.3 Å². The maximum Gasteiger partial charge on any atom is 0.229 e. The first-order chi connectivity index (χ1) is 14.8. The van der Waals surface area contributed by atoms with E-state index in [2.05, 4.69) is 28.7 Å². The minimum atomic E-state index is -0.0539. The van der Waals surface area contributed by atoms with Crippen LogP contribution in [0, 0.1) is 19.3 Å². The molecule has 1 atom stereocenters. The lowest BCUT2D eigenvalue weighted by molar-refractivity contribution is 0.0392. The van der Waals surface area contributed by atoms with Gasteiger partial charge in [0, 0.05) is 38.4 Å². The fourth-order valence-electron chi connectivity index (χ4n) is 4.38. The summed E-state index contributed by atoms with van der Waals surface area (Å²) in [5.41, 5.74) is 4.61. The topological polar surface area (TPSA) is 85.1 Å². The number of anilines is 2. The predicted octanol–water partition coefficient (Wildman–Crippen LogP) is 2.58. The Balaban J connectivity index is 1.55. The second-order valence-corrected chi connectivity index (χ2v) is 9.50. The quantitative estimate of drug-likeness (QED) is 0.637. The van der Waals surface area contributed by atoms with E-state index >= 15 is 0 Å². The van der Waals surface area contributed by atoms with Gasteiger partial charge in [-0.1, -0.05) is 13.8 Å². The molecule has 5 heterocycles. The number of hydrogen-bond acceptors (Lipinski definition) is 8. The zero-order valence-electron chi connectivity index (χ0n) is 19.0. The number of nitrogens with zero attached hydrogens (tertiary/aromatic N) is 8. The predicted molar refractivity (Wildman–Crippen MR) is 119 cm³/mol. The Morgan fingerprint density at radius 2 is 1.84 bits per heavy atom. The van der Waals surface area contributed by atoms with Gasteiger partial charge in [-0.15, -0.1) is 0 Å². The summed E-state index contributed by atoms with van der Waals surface area (Å²) in [6.07, 6.45) is 4.95. The summed E-state index contributed by atoms with van der Waals surface area (Å²) < 4.78 is 7.82. The summed E-state index contributed by atoms with van der Waals surface area (Å²) in [6, 6.07) is 0. The summed E-state index contributed by atoms with van der Waals surface area (Å²) in [5.74, 6) is 1.59. The molecule has 0 aliphatic carbocycles. The highest BCUT2D eigenvalue weighted by Crippen LogP contribution is 2.35. The van der Waals surface area contributed by atoms with Crippen molar-refractivity contribution in [3.05, 3.63) is 29.3 Å². The number of fused-ring (bicyclic) bond motifs is 1. The van der Waals surface area contributed by atoms with Crippen LogP contribution in [0.15, 0.2) is 12.4 Å². The van der Waals surface area contributed by atoms with Gasteiger partial charge in [0.1, 0.15) is 6.10 Å². The van der Waals surface area contributed by atoms with Crippen molar-refractivity contribution < 1.29 is 4.74 Å². The lowest BCUT2D eigenvalue weighted by atomic mass is 9.93. The van der Waals surface area contributed by atoms with Gasteiger partial charge in [0.25, 0.3) is 0 Å². The average molecular weight is 423 g/mol. The largest absolute Gasteiger partial charge is 0.370 e. The van der Waals surface area contributed by atoms with E-state index in [0.717, 1.165) is 54.3 Å². The zero-order valence-corrected chi connectivity index (χ0v) is 19.0. The molecule has 3 aromatic rings. The molecule has 0 bridgehead atoms. The Morgan fingerprint density at radius 1 is 1.03 bits per heavy atom. The average Bonchev–Trinajstić information content (AvgIpc) is 3.33.